The van der Waals surface area contributed by atoms with E-state index in [0.29, 0.717) is 5.92 Å². The summed E-state index contributed by atoms with van der Waals surface area (Å²) >= 11 is 0. The van der Waals surface area contributed by atoms with Crippen molar-refractivity contribution in [3.63, 3.8) is 0 Å². The zero-order valence-electron chi connectivity index (χ0n) is 10.4. The molecule has 2 aromatic rings. The highest BCUT2D eigenvalue weighted by Crippen LogP contribution is 2.32. The summed E-state index contributed by atoms with van der Waals surface area (Å²) < 4.78 is 11.0. The van der Waals surface area contributed by atoms with E-state index in [9.17, 15) is 0 Å². The van der Waals surface area contributed by atoms with Gasteiger partial charge in [0.15, 0.2) is 0 Å². The van der Waals surface area contributed by atoms with Crippen molar-refractivity contribution in [1.82, 2.24) is 0 Å². The Kier molecular flexibility index (Phi) is 2.93. The molecule has 1 heterocycles. The first-order chi connectivity index (χ1) is 8.86. The first-order valence-electron chi connectivity index (χ1n) is 6.21. The van der Waals surface area contributed by atoms with E-state index in [1.165, 1.54) is 11.1 Å². The van der Waals surface area contributed by atoms with Crippen LogP contribution in [0.2, 0.25) is 0 Å². The van der Waals surface area contributed by atoms with Crippen LogP contribution in [-0.2, 0) is 6.42 Å². The van der Waals surface area contributed by atoms with Crippen LogP contribution in [0.4, 0.5) is 0 Å². The van der Waals surface area contributed by atoms with E-state index in [4.69, 9.17) is 9.47 Å². The molecule has 0 aromatic heterocycles. The molecule has 0 fully saturated rings. The van der Waals surface area contributed by atoms with E-state index in [-0.39, 0.29) is 0 Å². The van der Waals surface area contributed by atoms with Crippen LogP contribution in [-0.4, -0.2) is 13.7 Å². The Balaban J connectivity index is 1.82. The van der Waals surface area contributed by atoms with E-state index < -0.39 is 0 Å². The lowest BCUT2D eigenvalue weighted by molar-refractivity contribution is 0.262. The van der Waals surface area contributed by atoms with Gasteiger partial charge in [-0.05, 0) is 35.7 Å². The first kappa shape index (κ1) is 11.1. The summed E-state index contributed by atoms with van der Waals surface area (Å²) in [5.74, 6) is 2.36. The van der Waals surface area contributed by atoms with E-state index in [1.54, 1.807) is 7.11 Å². The van der Waals surface area contributed by atoms with Crippen LogP contribution in [0, 0.1) is 0 Å². The minimum atomic E-state index is 0.436. The van der Waals surface area contributed by atoms with E-state index in [2.05, 4.69) is 24.3 Å². The van der Waals surface area contributed by atoms with E-state index in [1.807, 2.05) is 24.3 Å². The molecule has 92 valence electrons. The van der Waals surface area contributed by atoms with Crippen LogP contribution in [0.5, 0.6) is 11.5 Å². The molecule has 0 N–H and O–H groups in total. The van der Waals surface area contributed by atoms with Crippen LogP contribution in [0.1, 0.15) is 17.0 Å². The van der Waals surface area contributed by atoms with Crippen LogP contribution < -0.4 is 9.47 Å². The highest BCUT2D eigenvalue weighted by molar-refractivity contribution is 5.38. The first-order valence-corrected chi connectivity index (χ1v) is 6.21. The lowest BCUT2D eigenvalue weighted by Crippen LogP contribution is -2.18. The van der Waals surface area contributed by atoms with Crippen LogP contribution in [0.15, 0.2) is 48.5 Å². The summed E-state index contributed by atoms with van der Waals surface area (Å²) in [5.41, 5.74) is 2.61. The van der Waals surface area contributed by atoms with Gasteiger partial charge >= 0.3 is 0 Å². The van der Waals surface area contributed by atoms with Gasteiger partial charge in [-0.25, -0.2) is 0 Å². The molecule has 0 saturated heterocycles. The molecule has 0 saturated carbocycles. The van der Waals surface area contributed by atoms with Crippen molar-refractivity contribution >= 4 is 0 Å². The molecule has 0 unspecified atom stereocenters. The van der Waals surface area contributed by atoms with Crippen molar-refractivity contribution in [2.45, 2.75) is 12.3 Å². The van der Waals surface area contributed by atoms with Crippen molar-refractivity contribution < 1.29 is 9.47 Å². The van der Waals surface area contributed by atoms with Crippen LogP contribution in [0.3, 0.4) is 0 Å². The number of methoxy groups -OCH3 is 1. The summed E-state index contributed by atoms with van der Waals surface area (Å²) in [7, 11) is 1.69. The number of hydrogen-bond acceptors (Lipinski definition) is 2. The third-order valence-corrected chi connectivity index (χ3v) is 3.47. The third kappa shape index (κ3) is 2.06. The van der Waals surface area contributed by atoms with Crippen molar-refractivity contribution in [2.75, 3.05) is 13.7 Å². The fourth-order valence-corrected chi connectivity index (χ4v) is 2.42. The minimum absolute atomic E-state index is 0.436. The number of para-hydroxylation sites is 1. The van der Waals surface area contributed by atoms with Gasteiger partial charge in [-0.1, -0.05) is 30.3 Å². The van der Waals surface area contributed by atoms with E-state index in [0.717, 1.165) is 24.5 Å². The molecule has 0 aliphatic carbocycles. The van der Waals surface area contributed by atoms with Crippen LogP contribution in [0.25, 0.3) is 0 Å². The molecule has 2 aromatic carbocycles. The second-order valence-electron chi connectivity index (χ2n) is 4.59. The Morgan fingerprint density at radius 2 is 1.83 bits per heavy atom. The number of fused-ring (bicyclic) bond motifs is 1. The van der Waals surface area contributed by atoms with Gasteiger partial charge in [0.05, 0.1) is 13.7 Å². The van der Waals surface area contributed by atoms with Gasteiger partial charge in [0.2, 0.25) is 0 Å². The molecule has 18 heavy (non-hydrogen) atoms. The average Bonchev–Trinajstić information content (AvgIpc) is 2.47. The molecule has 0 bridgehead atoms. The van der Waals surface area contributed by atoms with Gasteiger partial charge in [-0.15, -0.1) is 0 Å². The Morgan fingerprint density at radius 1 is 1.06 bits per heavy atom. The van der Waals surface area contributed by atoms with E-state index >= 15 is 0 Å². The molecule has 2 nitrogen and oxygen atoms in total. The molecule has 1 aliphatic rings. The molecule has 3 rings (SSSR count). The van der Waals surface area contributed by atoms with Gasteiger partial charge in [-0.3, -0.25) is 0 Å². The Hall–Kier alpha value is -1.96. The zero-order chi connectivity index (χ0) is 12.4. The predicted molar refractivity (Wildman–Crippen MR) is 71.4 cm³/mol. The van der Waals surface area contributed by atoms with Crippen molar-refractivity contribution in [2.24, 2.45) is 0 Å². The largest absolute Gasteiger partial charge is 0.497 e. The highest BCUT2D eigenvalue weighted by Gasteiger charge is 2.20. The summed E-state index contributed by atoms with van der Waals surface area (Å²) in [6, 6.07) is 16.5. The molecular formula is C16H16O2. The number of hydrogen-bond donors (Lipinski definition) is 0. The van der Waals surface area contributed by atoms with Gasteiger partial charge in [-0.2, -0.15) is 0 Å². The summed E-state index contributed by atoms with van der Waals surface area (Å²) in [5, 5.41) is 0. The Bertz CT molecular complexity index is 531. The molecule has 1 atom stereocenters. The standard InChI is InChI=1S/C16H16O2/c1-17-15-8-6-12(7-9-15)14-10-13-4-2-3-5-16(13)18-11-14/h2-9,14H,10-11H2,1H3/t14-/m0/s1. The Labute approximate surface area is 107 Å². The molecule has 2 heteroatoms. The number of ether oxygens (including phenoxy) is 2. The zero-order valence-corrected chi connectivity index (χ0v) is 10.4. The highest BCUT2D eigenvalue weighted by atomic mass is 16.5. The monoisotopic (exact) mass is 240 g/mol. The molecule has 0 radical (unpaired) electrons. The van der Waals surface area contributed by atoms with Gasteiger partial charge < -0.3 is 9.47 Å². The topological polar surface area (TPSA) is 18.5 Å². The fraction of sp³-hybridized carbons (Fsp3) is 0.250. The predicted octanol–water partition coefficient (Wildman–Crippen LogP) is 3.41. The third-order valence-electron chi connectivity index (χ3n) is 3.47. The second-order valence-corrected chi connectivity index (χ2v) is 4.59. The summed E-state index contributed by atoms with van der Waals surface area (Å²) in [6.45, 7) is 0.753. The van der Waals surface area contributed by atoms with Crippen molar-refractivity contribution in [3.8, 4) is 11.5 Å². The SMILES string of the molecule is COc1ccc([C@@H]2COc3ccccc3C2)cc1. The van der Waals surface area contributed by atoms with Gasteiger partial charge in [0.25, 0.3) is 0 Å². The van der Waals surface area contributed by atoms with Crippen LogP contribution >= 0.6 is 0 Å². The van der Waals surface area contributed by atoms with Gasteiger partial charge in [0, 0.05) is 5.92 Å². The maximum atomic E-state index is 5.82. The minimum Gasteiger partial charge on any atom is -0.497 e. The number of benzene rings is 2. The number of rotatable bonds is 2. The van der Waals surface area contributed by atoms with Gasteiger partial charge in [0.1, 0.15) is 11.5 Å². The normalized spacial score (nSPS) is 17.7. The average molecular weight is 240 g/mol. The quantitative estimate of drug-likeness (QED) is 0.800. The maximum Gasteiger partial charge on any atom is 0.122 e. The lowest BCUT2D eigenvalue weighted by Gasteiger charge is -2.25. The van der Waals surface area contributed by atoms with Crippen molar-refractivity contribution in [1.29, 1.82) is 0 Å². The maximum absolute atomic E-state index is 5.82. The molecule has 0 amide bonds. The smallest absolute Gasteiger partial charge is 0.122 e. The second kappa shape index (κ2) is 4.73. The molecule has 1 aliphatic heterocycles. The lowest BCUT2D eigenvalue weighted by atomic mass is 9.90. The summed E-state index contributed by atoms with van der Waals surface area (Å²) in [4.78, 5) is 0. The molecule has 0 spiro atoms. The molecular weight excluding hydrogens is 224 g/mol. The van der Waals surface area contributed by atoms with Crippen molar-refractivity contribution in [3.05, 3.63) is 59.7 Å². The Morgan fingerprint density at radius 3 is 2.61 bits per heavy atom. The fourth-order valence-electron chi connectivity index (χ4n) is 2.42. The summed E-state index contributed by atoms with van der Waals surface area (Å²) in [6.07, 6.45) is 1.04.